The summed E-state index contributed by atoms with van der Waals surface area (Å²) in [7, 11) is 0.846. The zero-order valence-electron chi connectivity index (χ0n) is 7.41. The fourth-order valence-corrected chi connectivity index (χ4v) is 1.83. The second-order valence-corrected chi connectivity index (χ2v) is 4.15. The van der Waals surface area contributed by atoms with Gasteiger partial charge in [0.2, 0.25) is 0 Å². The van der Waals surface area contributed by atoms with Crippen LogP contribution in [0.5, 0.6) is 0 Å². The molecular formula is C8H15NO2S. The highest BCUT2D eigenvalue weighted by Gasteiger charge is 1.98. The maximum Gasteiger partial charge on any atom is 0.0621 e. The summed E-state index contributed by atoms with van der Waals surface area (Å²) < 4.78 is 15.9. The van der Waals surface area contributed by atoms with Crippen LogP contribution in [-0.2, 0) is 15.5 Å². The molecule has 0 bridgehead atoms. The number of nitriles is 1. The van der Waals surface area contributed by atoms with Gasteiger partial charge in [-0.25, -0.2) is 0 Å². The van der Waals surface area contributed by atoms with Crippen molar-refractivity contribution in [2.45, 2.75) is 19.3 Å². The Kier molecular flexibility index (Phi) is 8.40. The quantitative estimate of drug-likeness (QED) is 0.563. The molecule has 0 aliphatic rings. The summed E-state index contributed by atoms with van der Waals surface area (Å²) in [5, 5.41) is 8.23. The Morgan fingerprint density at radius 1 is 1.42 bits per heavy atom. The molecule has 1 atom stereocenters. The molecule has 0 aromatic heterocycles. The van der Waals surface area contributed by atoms with Crippen LogP contribution in [0.1, 0.15) is 19.3 Å². The zero-order valence-corrected chi connectivity index (χ0v) is 8.23. The molecule has 0 rings (SSSR count). The van der Waals surface area contributed by atoms with Gasteiger partial charge in [0, 0.05) is 35.8 Å². The third kappa shape index (κ3) is 7.70. The smallest absolute Gasteiger partial charge is 0.0621 e. The van der Waals surface area contributed by atoms with Crippen molar-refractivity contribution in [2.24, 2.45) is 0 Å². The van der Waals surface area contributed by atoms with E-state index in [9.17, 15) is 4.21 Å². The van der Waals surface area contributed by atoms with Crippen molar-refractivity contribution in [2.75, 3.05) is 25.2 Å². The second-order valence-electron chi connectivity index (χ2n) is 2.46. The minimum absolute atomic E-state index is 0.560. The van der Waals surface area contributed by atoms with Gasteiger partial charge in [-0.05, 0) is 12.8 Å². The van der Waals surface area contributed by atoms with Crippen LogP contribution in [0, 0.1) is 11.3 Å². The van der Waals surface area contributed by atoms with E-state index in [4.69, 9.17) is 10.00 Å². The van der Waals surface area contributed by atoms with E-state index in [2.05, 4.69) is 6.07 Å². The fourth-order valence-electron chi connectivity index (χ4n) is 0.745. The minimum atomic E-state index is -0.758. The van der Waals surface area contributed by atoms with Crippen LogP contribution < -0.4 is 0 Å². The lowest BCUT2D eigenvalue weighted by atomic mass is 10.3. The number of unbranched alkanes of at least 4 members (excludes halogenated alkanes) is 2. The summed E-state index contributed by atoms with van der Waals surface area (Å²) >= 11 is 0. The van der Waals surface area contributed by atoms with Crippen LogP contribution in [0.15, 0.2) is 0 Å². The van der Waals surface area contributed by atoms with Crippen molar-refractivity contribution in [3.05, 3.63) is 0 Å². The van der Waals surface area contributed by atoms with Crippen molar-refractivity contribution in [3.8, 4) is 6.07 Å². The van der Waals surface area contributed by atoms with Crippen LogP contribution in [0.25, 0.3) is 0 Å². The highest BCUT2D eigenvalue weighted by atomic mass is 32.2. The van der Waals surface area contributed by atoms with E-state index in [1.165, 1.54) is 0 Å². The lowest BCUT2D eigenvalue weighted by Crippen LogP contribution is -2.07. The van der Waals surface area contributed by atoms with E-state index in [0.29, 0.717) is 24.5 Å². The largest absolute Gasteiger partial charge is 0.384 e. The Balaban J connectivity index is 3.15. The summed E-state index contributed by atoms with van der Waals surface area (Å²) in [6.07, 6.45) is 2.31. The van der Waals surface area contributed by atoms with Gasteiger partial charge in [-0.3, -0.25) is 4.21 Å². The molecule has 0 aromatic rings. The first kappa shape index (κ1) is 11.6. The maximum atomic E-state index is 11.1. The molecule has 0 amide bonds. The molecule has 0 saturated carbocycles. The lowest BCUT2D eigenvalue weighted by molar-refractivity contribution is 0.218. The van der Waals surface area contributed by atoms with Gasteiger partial charge in [-0.1, -0.05) is 0 Å². The molecule has 0 N–H and O–H groups in total. The van der Waals surface area contributed by atoms with Gasteiger partial charge in [0.05, 0.1) is 12.7 Å². The number of ether oxygens (including phenoxy) is 1. The molecule has 4 heteroatoms. The van der Waals surface area contributed by atoms with Gasteiger partial charge in [-0.2, -0.15) is 5.26 Å². The summed E-state index contributed by atoms with van der Waals surface area (Å²) in [5.41, 5.74) is 0. The molecule has 70 valence electrons. The highest BCUT2D eigenvalue weighted by molar-refractivity contribution is 7.84. The van der Waals surface area contributed by atoms with E-state index >= 15 is 0 Å². The summed E-state index contributed by atoms with van der Waals surface area (Å²) in [5.74, 6) is 1.31. The van der Waals surface area contributed by atoms with Crippen LogP contribution >= 0.6 is 0 Å². The van der Waals surface area contributed by atoms with Crippen molar-refractivity contribution in [1.82, 2.24) is 0 Å². The normalized spacial score (nSPS) is 12.3. The van der Waals surface area contributed by atoms with Gasteiger partial charge < -0.3 is 4.74 Å². The Morgan fingerprint density at radius 2 is 2.17 bits per heavy atom. The van der Waals surface area contributed by atoms with E-state index in [0.717, 1.165) is 12.8 Å². The lowest BCUT2D eigenvalue weighted by Gasteiger charge is -1.99. The van der Waals surface area contributed by atoms with Crippen LogP contribution in [0.2, 0.25) is 0 Å². The van der Waals surface area contributed by atoms with Crippen LogP contribution in [0.4, 0.5) is 0 Å². The number of hydrogen-bond donors (Lipinski definition) is 0. The first-order valence-electron chi connectivity index (χ1n) is 4.02. The van der Waals surface area contributed by atoms with E-state index in [1.807, 2.05) is 0 Å². The van der Waals surface area contributed by atoms with E-state index in [-0.39, 0.29) is 0 Å². The molecule has 12 heavy (non-hydrogen) atoms. The standard InChI is InChI=1S/C8H15NO2S/c1-11-6-8-12(10)7-4-2-3-5-9/h2-4,6-8H2,1H3. The summed E-state index contributed by atoms with van der Waals surface area (Å²) in [6, 6.07) is 2.06. The highest BCUT2D eigenvalue weighted by Crippen LogP contribution is 1.96. The van der Waals surface area contributed by atoms with Crippen molar-refractivity contribution < 1.29 is 8.95 Å². The Bertz CT molecular complexity index is 165. The van der Waals surface area contributed by atoms with Gasteiger partial charge in [-0.15, -0.1) is 0 Å². The Morgan fingerprint density at radius 3 is 2.75 bits per heavy atom. The molecule has 0 aliphatic carbocycles. The number of rotatable bonds is 7. The van der Waals surface area contributed by atoms with Gasteiger partial charge in [0.15, 0.2) is 0 Å². The summed E-state index contributed by atoms with van der Waals surface area (Å²) in [4.78, 5) is 0. The first-order valence-corrected chi connectivity index (χ1v) is 5.51. The maximum absolute atomic E-state index is 11.1. The van der Waals surface area contributed by atoms with Crippen LogP contribution in [0.3, 0.4) is 0 Å². The number of hydrogen-bond acceptors (Lipinski definition) is 3. The Labute approximate surface area is 76.2 Å². The average molecular weight is 189 g/mol. The topological polar surface area (TPSA) is 50.1 Å². The number of nitrogens with zero attached hydrogens (tertiary/aromatic N) is 1. The van der Waals surface area contributed by atoms with Crippen LogP contribution in [-0.4, -0.2) is 29.4 Å². The molecule has 0 saturated heterocycles. The molecule has 3 nitrogen and oxygen atoms in total. The minimum Gasteiger partial charge on any atom is -0.384 e. The average Bonchev–Trinajstić information content (AvgIpc) is 2.09. The predicted molar refractivity (Wildman–Crippen MR) is 49.2 cm³/mol. The molecule has 0 aliphatic heterocycles. The van der Waals surface area contributed by atoms with Crippen molar-refractivity contribution in [3.63, 3.8) is 0 Å². The van der Waals surface area contributed by atoms with E-state index < -0.39 is 10.8 Å². The first-order chi connectivity index (χ1) is 5.81. The molecule has 0 radical (unpaired) electrons. The molecule has 0 aromatic carbocycles. The third-order valence-electron chi connectivity index (χ3n) is 1.43. The van der Waals surface area contributed by atoms with E-state index in [1.54, 1.807) is 7.11 Å². The van der Waals surface area contributed by atoms with Gasteiger partial charge in [0.1, 0.15) is 0 Å². The fraction of sp³-hybridized carbons (Fsp3) is 0.875. The molecule has 0 heterocycles. The number of methoxy groups -OCH3 is 1. The molecule has 0 fully saturated rings. The third-order valence-corrected chi connectivity index (χ3v) is 2.79. The van der Waals surface area contributed by atoms with Crippen molar-refractivity contribution in [1.29, 1.82) is 5.26 Å². The molecule has 0 spiro atoms. The van der Waals surface area contributed by atoms with Crippen molar-refractivity contribution >= 4 is 10.8 Å². The molecular weight excluding hydrogens is 174 g/mol. The van der Waals surface area contributed by atoms with Gasteiger partial charge in [0.25, 0.3) is 0 Å². The predicted octanol–water partition coefficient (Wildman–Crippen LogP) is 1.08. The zero-order chi connectivity index (χ0) is 9.23. The Hall–Kier alpha value is -0.400. The SMILES string of the molecule is COCCS(=O)CCCCC#N. The summed E-state index contributed by atoms with van der Waals surface area (Å²) in [6.45, 7) is 0.560. The molecule has 1 unspecified atom stereocenters. The van der Waals surface area contributed by atoms with Gasteiger partial charge >= 0.3 is 0 Å². The second kappa shape index (κ2) is 8.69. The monoisotopic (exact) mass is 189 g/mol.